The zero-order chi connectivity index (χ0) is 11.3. The van der Waals surface area contributed by atoms with Crippen LogP contribution in [0.5, 0.6) is 0 Å². The van der Waals surface area contributed by atoms with Crippen LogP contribution in [-0.2, 0) is 4.79 Å². The van der Waals surface area contributed by atoms with Crippen molar-refractivity contribution in [1.29, 1.82) is 0 Å². The monoisotopic (exact) mass is 228 g/mol. The summed E-state index contributed by atoms with van der Waals surface area (Å²) in [4.78, 5) is 23.6. The van der Waals surface area contributed by atoms with Gasteiger partial charge in [-0.15, -0.1) is 17.7 Å². The van der Waals surface area contributed by atoms with E-state index in [0.29, 0.717) is 11.6 Å². The molecule has 5 nitrogen and oxygen atoms in total. The summed E-state index contributed by atoms with van der Waals surface area (Å²) in [5, 5.41) is 11.4. The number of aliphatic carboxylic acids is 1. The zero-order valence-corrected chi connectivity index (χ0v) is 9.13. The smallest absolute Gasteiger partial charge is 0.327 e. The number of carboxylic acids is 1. The minimum absolute atomic E-state index is 0.253. The van der Waals surface area contributed by atoms with E-state index in [4.69, 9.17) is 5.11 Å². The molecule has 0 radical (unpaired) electrons. The van der Waals surface area contributed by atoms with Crippen molar-refractivity contribution in [1.82, 2.24) is 10.2 Å². The van der Waals surface area contributed by atoms with E-state index < -0.39 is 12.0 Å². The quantitative estimate of drug-likeness (QED) is 0.661. The number of carbonyl (C=O) groups is 2. The van der Waals surface area contributed by atoms with Crippen molar-refractivity contribution >= 4 is 23.8 Å². The topological polar surface area (TPSA) is 69.6 Å². The van der Waals surface area contributed by atoms with E-state index in [1.165, 1.54) is 16.7 Å². The SMILES string of the molecule is CC#CCNC(=O)N1CSCC1C(=O)O. The molecule has 6 heteroatoms. The van der Waals surface area contributed by atoms with Gasteiger partial charge in [-0.05, 0) is 6.92 Å². The fourth-order valence-corrected chi connectivity index (χ4v) is 2.30. The molecule has 0 aromatic rings. The van der Waals surface area contributed by atoms with E-state index in [2.05, 4.69) is 17.2 Å². The summed E-state index contributed by atoms with van der Waals surface area (Å²) in [6.07, 6.45) is 0. The number of thioether (sulfide) groups is 1. The van der Waals surface area contributed by atoms with Crippen molar-refractivity contribution in [3.8, 4) is 11.8 Å². The second kappa shape index (κ2) is 5.51. The molecular formula is C9H12N2O3S. The molecular weight excluding hydrogens is 216 g/mol. The summed E-state index contributed by atoms with van der Waals surface area (Å²) in [5.74, 6) is 5.23. The maximum atomic E-state index is 11.5. The Morgan fingerprint density at radius 1 is 1.67 bits per heavy atom. The maximum absolute atomic E-state index is 11.5. The Morgan fingerprint density at radius 2 is 2.40 bits per heavy atom. The van der Waals surface area contributed by atoms with Crippen molar-refractivity contribution < 1.29 is 14.7 Å². The van der Waals surface area contributed by atoms with Crippen LogP contribution in [0.4, 0.5) is 4.79 Å². The van der Waals surface area contributed by atoms with E-state index in [9.17, 15) is 9.59 Å². The number of nitrogens with zero attached hydrogens (tertiary/aromatic N) is 1. The molecule has 1 rings (SSSR count). The summed E-state index contributed by atoms with van der Waals surface area (Å²) in [5.41, 5.74) is 0. The molecule has 82 valence electrons. The Balaban J connectivity index is 2.50. The lowest BCUT2D eigenvalue weighted by atomic mass is 10.3. The third kappa shape index (κ3) is 3.06. The molecule has 0 aliphatic carbocycles. The first kappa shape index (κ1) is 11.7. The molecule has 15 heavy (non-hydrogen) atoms. The number of carbonyl (C=O) groups excluding carboxylic acids is 1. The molecule has 0 aromatic carbocycles. The number of nitrogens with one attached hydrogen (secondary N) is 1. The Labute approximate surface area is 92.2 Å². The predicted molar refractivity (Wildman–Crippen MR) is 57.4 cm³/mol. The van der Waals surface area contributed by atoms with E-state index in [1.54, 1.807) is 6.92 Å². The van der Waals surface area contributed by atoms with Crippen LogP contribution < -0.4 is 5.32 Å². The molecule has 0 spiro atoms. The minimum atomic E-state index is -0.961. The Hall–Kier alpha value is -1.35. The lowest BCUT2D eigenvalue weighted by Crippen LogP contribution is -2.46. The number of rotatable bonds is 2. The number of hydrogen-bond acceptors (Lipinski definition) is 3. The molecule has 1 aliphatic rings. The highest BCUT2D eigenvalue weighted by Crippen LogP contribution is 2.20. The van der Waals surface area contributed by atoms with Gasteiger partial charge in [0.2, 0.25) is 0 Å². The molecule has 1 fully saturated rings. The van der Waals surface area contributed by atoms with Gasteiger partial charge >= 0.3 is 12.0 Å². The minimum Gasteiger partial charge on any atom is -0.480 e. The van der Waals surface area contributed by atoms with E-state index >= 15 is 0 Å². The number of amides is 2. The van der Waals surface area contributed by atoms with Crippen molar-refractivity contribution in [2.45, 2.75) is 13.0 Å². The standard InChI is InChI=1S/C9H12N2O3S/c1-2-3-4-10-9(14)11-6-15-5-7(11)8(12)13/h7H,4-6H2,1H3,(H,10,14)(H,12,13). The highest BCUT2D eigenvalue weighted by Gasteiger charge is 2.34. The molecule has 0 bridgehead atoms. The molecule has 1 saturated heterocycles. The number of carboxylic acid groups (broad SMARTS) is 1. The van der Waals surface area contributed by atoms with Crippen LogP contribution in [-0.4, -0.2) is 46.2 Å². The van der Waals surface area contributed by atoms with Gasteiger partial charge in [0.1, 0.15) is 6.04 Å². The summed E-state index contributed by atoms with van der Waals surface area (Å²) < 4.78 is 0. The second-order valence-corrected chi connectivity index (χ2v) is 3.91. The first-order valence-electron chi connectivity index (χ1n) is 4.41. The van der Waals surface area contributed by atoms with E-state index in [0.717, 1.165) is 0 Å². The van der Waals surface area contributed by atoms with E-state index in [1.807, 2.05) is 0 Å². The summed E-state index contributed by atoms with van der Waals surface area (Å²) in [6.45, 7) is 1.93. The van der Waals surface area contributed by atoms with Crippen LogP contribution >= 0.6 is 11.8 Å². The largest absolute Gasteiger partial charge is 0.480 e. The first-order chi connectivity index (χ1) is 7.16. The van der Waals surface area contributed by atoms with Gasteiger partial charge in [0, 0.05) is 5.75 Å². The van der Waals surface area contributed by atoms with Crippen LogP contribution in [0.25, 0.3) is 0 Å². The fourth-order valence-electron chi connectivity index (χ4n) is 1.16. The third-order valence-electron chi connectivity index (χ3n) is 1.93. The maximum Gasteiger partial charge on any atom is 0.327 e. The van der Waals surface area contributed by atoms with Crippen LogP contribution in [0.3, 0.4) is 0 Å². The van der Waals surface area contributed by atoms with Crippen molar-refractivity contribution in [3.05, 3.63) is 0 Å². The molecule has 1 atom stereocenters. The molecule has 2 amide bonds. The summed E-state index contributed by atoms with van der Waals surface area (Å²) >= 11 is 1.43. The Morgan fingerprint density at radius 3 is 3.00 bits per heavy atom. The number of urea groups is 1. The highest BCUT2D eigenvalue weighted by atomic mass is 32.2. The van der Waals surface area contributed by atoms with Gasteiger partial charge < -0.3 is 15.3 Å². The van der Waals surface area contributed by atoms with Crippen LogP contribution in [0.2, 0.25) is 0 Å². The van der Waals surface area contributed by atoms with Gasteiger partial charge in [-0.1, -0.05) is 5.92 Å². The summed E-state index contributed by atoms with van der Waals surface area (Å²) in [7, 11) is 0. The van der Waals surface area contributed by atoms with Gasteiger partial charge in [-0.3, -0.25) is 0 Å². The van der Waals surface area contributed by atoms with Gasteiger partial charge in [0.05, 0.1) is 12.4 Å². The zero-order valence-electron chi connectivity index (χ0n) is 8.32. The van der Waals surface area contributed by atoms with Gasteiger partial charge in [0.25, 0.3) is 0 Å². The van der Waals surface area contributed by atoms with Crippen molar-refractivity contribution in [2.75, 3.05) is 18.2 Å². The Bertz CT molecular complexity index is 321. The van der Waals surface area contributed by atoms with E-state index in [-0.39, 0.29) is 12.6 Å². The molecule has 1 unspecified atom stereocenters. The average Bonchev–Trinajstić information content (AvgIpc) is 2.66. The molecule has 2 N–H and O–H groups in total. The third-order valence-corrected chi connectivity index (χ3v) is 2.95. The second-order valence-electron chi connectivity index (χ2n) is 2.91. The lowest BCUT2D eigenvalue weighted by molar-refractivity contribution is -0.140. The van der Waals surface area contributed by atoms with Gasteiger partial charge in [-0.2, -0.15) is 0 Å². The molecule has 0 aromatic heterocycles. The normalized spacial score (nSPS) is 19.3. The molecule has 0 saturated carbocycles. The lowest BCUT2D eigenvalue weighted by Gasteiger charge is -2.19. The summed E-state index contributed by atoms with van der Waals surface area (Å²) in [6, 6.07) is -1.08. The first-order valence-corrected chi connectivity index (χ1v) is 5.57. The van der Waals surface area contributed by atoms with Gasteiger partial charge in [-0.25, -0.2) is 9.59 Å². The van der Waals surface area contributed by atoms with Crippen molar-refractivity contribution in [3.63, 3.8) is 0 Å². The van der Waals surface area contributed by atoms with Crippen LogP contribution in [0.15, 0.2) is 0 Å². The average molecular weight is 228 g/mol. The van der Waals surface area contributed by atoms with Crippen LogP contribution in [0, 0.1) is 11.8 Å². The predicted octanol–water partition coefficient (Wildman–Crippen LogP) is 0.179. The number of hydrogen-bond donors (Lipinski definition) is 2. The van der Waals surface area contributed by atoms with Gasteiger partial charge in [0.15, 0.2) is 0 Å². The fraction of sp³-hybridized carbons (Fsp3) is 0.556. The Kier molecular flexibility index (Phi) is 4.31. The van der Waals surface area contributed by atoms with Crippen molar-refractivity contribution in [2.24, 2.45) is 0 Å². The highest BCUT2D eigenvalue weighted by molar-refractivity contribution is 7.99. The molecule has 1 heterocycles. The van der Waals surface area contributed by atoms with Crippen LogP contribution in [0.1, 0.15) is 6.92 Å². The molecule has 1 aliphatic heterocycles.